The lowest BCUT2D eigenvalue weighted by molar-refractivity contribution is 0.102. The van der Waals surface area contributed by atoms with Gasteiger partial charge in [-0.3, -0.25) is 4.79 Å². The zero-order valence-corrected chi connectivity index (χ0v) is 9.45. The molecule has 4 nitrogen and oxygen atoms in total. The molecular formula is C14H9N3O. The summed E-state index contributed by atoms with van der Waals surface area (Å²) in [6.07, 6.45) is 3.09. The third-order valence-electron chi connectivity index (χ3n) is 2.60. The summed E-state index contributed by atoms with van der Waals surface area (Å²) in [5, 5.41) is 1.00. The molecule has 0 radical (unpaired) electrons. The van der Waals surface area contributed by atoms with Gasteiger partial charge in [-0.05, 0) is 18.2 Å². The molecule has 1 aromatic carbocycles. The van der Waals surface area contributed by atoms with Gasteiger partial charge in [0, 0.05) is 17.8 Å². The van der Waals surface area contributed by atoms with Crippen molar-refractivity contribution in [1.82, 2.24) is 15.0 Å². The molecule has 0 fully saturated rings. The van der Waals surface area contributed by atoms with E-state index < -0.39 is 0 Å². The number of carbonyl (C=O) groups is 1. The molecule has 0 unspecified atom stereocenters. The van der Waals surface area contributed by atoms with Gasteiger partial charge in [-0.25, -0.2) is 15.0 Å². The number of fused-ring (bicyclic) bond motifs is 1. The molecule has 3 rings (SSSR count). The van der Waals surface area contributed by atoms with Crippen LogP contribution in [0.5, 0.6) is 0 Å². The fraction of sp³-hybridized carbons (Fsp3) is 0. The average molecular weight is 235 g/mol. The van der Waals surface area contributed by atoms with Gasteiger partial charge in [-0.2, -0.15) is 0 Å². The van der Waals surface area contributed by atoms with Gasteiger partial charge in [0.25, 0.3) is 0 Å². The Bertz CT molecular complexity index is 710. The summed E-state index contributed by atoms with van der Waals surface area (Å²) >= 11 is 0. The number of rotatable bonds is 2. The van der Waals surface area contributed by atoms with Crippen molar-refractivity contribution in [1.29, 1.82) is 0 Å². The zero-order chi connectivity index (χ0) is 12.4. The van der Waals surface area contributed by atoms with Gasteiger partial charge in [0.2, 0.25) is 11.6 Å². The van der Waals surface area contributed by atoms with E-state index in [9.17, 15) is 4.79 Å². The van der Waals surface area contributed by atoms with Crippen molar-refractivity contribution in [3.05, 3.63) is 66.4 Å². The lowest BCUT2D eigenvalue weighted by Crippen LogP contribution is -2.08. The number of benzene rings is 1. The van der Waals surface area contributed by atoms with Crippen LogP contribution in [0.1, 0.15) is 16.3 Å². The third kappa shape index (κ3) is 1.84. The predicted octanol–water partition coefficient (Wildman–Crippen LogP) is 2.26. The molecule has 0 saturated heterocycles. The van der Waals surface area contributed by atoms with Crippen LogP contribution >= 0.6 is 0 Å². The summed E-state index contributed by atoms with van der Waals surface area (Å²) in [5.74, 6) is -0.0957. The molecule has 0 spiro atoms. The standard InChI is InChI=1S/C14H9N3O/c18-13(14-15-8-3-9-16-14)12-7-6-10-4-1-2-5-11(10)17-12/h1-9H. The van der Waals surface area contributed by atoms with Gasteiger partial charge in [0.1, 0.15) is 5.69 Å². The number of pyridine rings is 1. The van der Waals surface area contributed by atoms with Crippen molar-refractivity contribution < 1.29 is 4.79 Å². The summed E-state index contributed by atoms with van der Waals surface area (Å²) in [5.41, 5.74) is 1.15. The van der Waals surface area contributed by atoms with Crippen molar-refractivity contribution >= 4 is 16.7 Å². The van der Waals surface area contributed by atoms with Crippen LogP contribution in [0.4, 0.5) is 0 Å². The van der Waals surface area contributed by atoms with Crippen LogP contribution in [0.3, 0.4) is 0 Å². The smallest absolute Gasteiger partial charge is 0.248 e. The van der Waals surface area contributed by atoms with Gasteiger partial charge >= 0.3 is 0 Å². The Hall–Kier alpha value is -2.62. The number of para-hydroxylation sites is 1. The highest BCUT2D eigenvalue weighted by Crippen LogP contribution is 2.13. The number of hydrogen-bond donors (Lipinski definition) is 0. The molecule has 2 aromatic heterocycles. The van der Waals surface area contributed by atoms with E-state index in [0.29, 0.717) is 5.69 Å². The van der Waals surface area contributed by atoms with Gasteiger partial charge in [0.15, 0.2) is 0 Å². The highest BCUT2D eigenvalue weighted by atomic mass is 16.1. The second-order valence-corrected chi connectivity index (χ2v) is 3.79. The minimum Gasteiger partial charge on any atom is -0.283 e. The molecule has 0 aliphatic rings. The number of aromatic nitrogens is 3. The molecule has 4 heteroatoms. The summed E-state index contributed by atoms with van der Waals surface area (Å²) in [7, 11) is 0. The quantitative estimate of drug-likeness (QED) is 0.639. The van der Waals surface area contributed by atoms with E-state index in [2.05, 4.69) is 15.0 Å². The lowest BCUT2D eigenvalue weighted by Gasteiger charge is -2.01. The first-order valence-electron chi connectivity index (χ1n) is 5.52. The highest BCUT2D eigenvalue weighted by molar-refractivity contribution is 6.06. The van der Waals surface area contributed by atoms with Crippen molar-refractivity contribution in [2.75, 3.05) is 0 Å². The molecule has 0 atom stereocenters. The normalized spacial score (nSPS) is 10.4. The topological polar surface area (TPSA) is 55.7 Å². The van der Waals surface area contributed by atoms with Gasteiger partial charge in [0.05, 0.1) is 5.52 Å². The van der Waals surface area contributed by atoms with Crippen LogP contribution in [0.25, 0.3) is 10.9 Å². The fourth-order valence-electron chi connectivity index (χ4n) is 1.72. The van der Waals surface area contributed by atoms with Crippen molar-refractivity contribution in [3.8, 4) is 0 Å². The zero-order valence-electron chi connectivity index (χ0n) is 9.45. The molecule has 18 heavy (non-hydrogen) atoms. The fourth-order valence-corrected chi connectivity index (χ4v) is 1.72. The number of hydrogen-bond acceptors (Lipinski definition) is 4. The maximum atomic E-state index is 12.1. The summed E-state index contributed by atoms with van der Waals surface area (Å²) in [4.78, 5) is 24.3. The second-order valence-electron chi connectivity index (χ2n) is 3.79. The minimum atomic E-state index is -0.263. The monoisotopic (exact) mass is 235 g/mol. The van der Waals surface area contributed by atoms with E-state index in [1.54, 1.807) is 24.5 Å². The van der Waals surface area contributed by atoms with Crippen LogP contribution in [0, 0.1) is 0 Å². The first-order chi connectivity index (χ1) is 8.84. The minimum absolute atomic E-state index is 0.167. The highest BCUT2D eigenvalue weighted by Gasteiger charge is 2.13. The van der Waals surface area contributed by atoms with E-state index in [1.807, 2.05) is 30.3 Å². The number of nitrogens with zero attached hydrogens (tertiary/aromatic N) is 3. The molecule has 0 N–H and O–H groups in total. The lowest BCUT2D eigenvalue weighted by atomic mass is 10.1. The van der Waals surface area contributed by atoms with Crippen molar-refractivity contribution in [3.63, 3.8) is 0 Å². The van der Waals surface area contributed by atoms with Crippen LogP contribution in [-0.4, -0.2) is 20.7 Å². The molecule has 0 aliphatic carbocycles. The largest absolute Gasteiger partial charge is 0.283 e. The van der Waals surface area contributed by atoms with E-state index in [4.69, 9.17) is 0 Å². The first-order valence-corrected chi connectivity index (χ1v) is 5.52. The van der Waals surface area contributed by atoms with E-state index in [0.717, 1.165) is 10.9 Å². The maximum Gasteiger partial charge on any atom is 0.248 e. The van der Waals surface area contributed by atoms with E-state index in [1.165, 1.54) is 0 Å². The van der Waals surface area contributed by atoms with Gasteiger partial charge in [-0.1, -0.05) is 24.3 Å². The number of carbonyl (C=O) groups excluding carboxylic acids is 1. The SMILES string of the molecule is O=C(c1ccc2ccccc2n1)c1ncccn1. The van der Waals surface area contributed by atoms with Crippen LogP contribution in [0.15, 0.2) is 54.9 Å². The molecular weight excluding hydrogens is 226 g/mol. The Labute approximate surface area is 103 Å². The summed E-state index contributed by atoms with van der Waals surface area (Å²) in [6.45, 7) is 0. The third-order valence-corrected chi connectivity index (χ3v) is 2.60. The molecule has 0 saturated carbocycles. The Kier molecular flexibility index (Phi) is 2.53. The predicted molar refractivity (Wildman–Crippen MR) is 67.2 cm³/mol. The summed E-state index contributed by atoms with van der Waals surface area (Å²) < 4.78 is 0. The number of ketones is 1. The van der Waals surface area contributed by atoms with Gasteiger partial charge < -0.3 is 0 Å². The van der Waals surface area contributed by atoms with Crippen LogP contribution < -0.4 is 0 Å². The first kappa shape index (κ1) is 10.5. The van der Waals surface area contributed by atoms with Crippen LogP contribution in [0.2, 0.25) is 0 Å². The summed E-state index contributed by atoms with van der Waals surface area (Å²) in [6, 6.07) is 12.9. The molecule has 0 aliphatic heterocycles. The molecule has 2 heterocycles. The Morgan fingerprint density at radius 2 is 1.67 bits per heavy atom. The van der Waals surface area contributed by atoms with Crippen molar-refractivity contribution in [2.24, 2.45) is 0 Å². The molecule has 86 valence electrons. The molecule has 0 amide bonds. The molecule has 0 bridgehead atoms. The molecule has 3 aromatic rings. The second kappa shape index (κ2) is 4.33. The Morgan fingerprint density at radius 1 is 0.889 bits per heavy atom. The Balaban J connectivity index is 2.07. The average Bonchev–Trinajstić information content (AvgIpc) is 2.47. The van der Waals surface area contributed by atoms with E-state index >= 15 is 0 Å². The van der Waals surface area contributed by atoms with Gasteiger partial charge in [-0.15, -0.1) is 0 Å². The maximum absolute atomic E-state index is 12.1. The Morgan fingerprint density at radius 3 is 2.50 bits per heavy atom. The van der Waals surface area contributed by atoms with E-state index in [-0.39, 0.29) is 11.6 Å². The van der Waals surface area contributed by atoms with Crippen LogP contribution in [-0.2, 0) is 0 Å². The van der Waals surface area contributed by atoms with Crippen molar-refractivity contribution in [2.45, 2.75) is 0 Å².